The fourth-order valence-electron chi connectivity index (χ4n) is 1.57. The van der Waals surface area contributed by atoms with E-state index in [0.29, 0.717) is 17.4 Å². The molecule has 17 heavy (non-hydrogen) atoms. The first-order valence-electron chi connectivity index (χ1n) is 5.11. The number of aryl methyl sites for hydroxylation is 1. The van der Waals surface area contributed by atoms with Gasteiger partial charge in [-0.1, -0.05) is 11.6 Å². The Hall–Kier alpha value is -0.910. The molecular weight excluding hydrogens is 304 g/mol. The van der Waals surface area contributed by atoms with E-state index in [9.17, 15) is 0 Å². The lowest BCUT2D eigenvalue weighted by Crippen LogP contribution is -2.05. The Kier molecular flexibility index (Phi) is 3.51. The second kappa shape index (κ2) is 4.76. The van der Waals surface area contributed by atoms with Crippen molar-refractivity contribution in [1.82, 2.24) is 14.8 Å². The van der Waals surface area contributed by atoms with Crippen LogP contribution < -0.4 is 5.73 Å². The summed E-state index contributed by atoms with van der Waals surface area (Å²) >= 11 is 9.66. The number of halogens is 2. The van der Waals surface area contributed by atoms with Crippen LogP contribution in [0.4, 0.5) is 0 Å². The molecule has 0 unspecified atom stereocenters. The normalized spacial score (nSPS) is 10.9. The van der Waals surface area contributed by atoms with Gasteiger partial charge >= 0.3 is 0 Å². The molecule has 6 heteroatoms. The molecule has 0 radical (unpaired) electrons. The lowest BCUT2D eigenvalue weighted by molar-refractivity contribution is 0.803. The summed E-state index contributed by atoms with van der Waals surface area (Å²) in [6.45, 7) is 4.31. The van der Waals surface area contributed by atoms with Gasteiger partial charge in [0.05, 0.1) is 20.9 Å². The lowest BCUT2D eigenvalue weighted by atomic mass is 10.3. The van der Waals surface area contributed by atoms with Crippen molar-refractivity contribution in [2.75, 3.05) is 0 Å². The Morgan fingerprint density at radius 2 is 2.18 bits per heavy atom. The predicted octanol–water partition coefficient (Wildman–Crippen LogP) is 2.76. The first-order chi connectivity index (χ1) is 8.04. The van der Waals surface area contributed by atoms with E-state index in [1.54, 1.807) is 10.9 Å². The minimum absolute atomic E-state index is 0.424. The monoisotopic (exact) mass is 314 g/mol. The van der Waals surface area contributed by atoms with Crippen LogP contribution in [0.25, 0.3) is 5.82 Å². The lowest BCUT2D eigenvalue weighted by Gasteiger charge is -2.06. The van der Waals surface area contributed by atoms with Gasteiger partial charge < -0.3 is 5.73 Å². The van der Waals surface area contributed by atoms with Crippen molar-refractivity contribution in [3.05, 3.63) is 38.7 Å². The Bertz CT molecular complexity index is 565. The number of rotatable bonds is 2. The Labute approximate surface area is 113 Å². The number of hydrogen-bond donors (Lipinski definition) is 1. The summed E-state index contributed by atoms with van der Waals surface area (Å²) in [5.74, 6) is 0.621. The average Bonchev–Trinajstić information content (AvgIpc) is 2.57. The largest absolute Gasteiger partial charge is 0.326 e. The summed E-state index contributed by atoms with van der Waals surface area (Å²) in [7, 11) is 0. The van der Waals surface area contributed by atoms with E-state index < -0.39 is 0 Å². The van der Waals surface area contributed by atoms with Gasteiger partial charge in [-0.25, -0.2) is 9.67 Å². The molecule has 0 amide bonds. The number of nitrogens with zero attached hydrogens (tertiary/aromatic N) is 3. The molecule has 0 aromatic carbocycles. The smallest absolute Gasteiger partial charge is 0.172 e. The summed E-state index contributed by atoms with van der Waals surface area (Å²) in [4.78, 5) is 4.30. The highest BCUT2D eigenvalue weighted by Crippen LogP contribution is 2.25. The minimum Gasteiger partial charge on any atom is -0.326 e. The van der Waals surface area contributed by atoms with Crippen LogP contribution in [0.3, 0.4) is 0 Å². The zero-order valence-corrected chi connectivity index (χ0v) is 11.9. The van der Waals surface area contributed by atoms with Gasteiger partial charge in [-0.15, -0.1) is 0 Å². The zero-order valence-electron chi connectivity index (χ0n) is 9.54. The van der Waals surface area contributed by atoms with E-state index in [1.807, 2.05) is 19.9 Å². The quantitative estimate of drug-likeness (QED) is 0.927. The van der Waals surface area contributed by atoms with Crippen LogP contribution in [0.2, 0.25) is 5.02 Å². The van der Waals surface area contributed by atoms with Gasteiger partial charge in [0.2, 0.25) is 0 Å². The summed E-state index contributed by atoms with van der Waals surface area (Å²) in [5, 5.41) is 4.94. The topological polar surface area (TPSA) is 56.7 Å². The molecule has 0 bridgehead atoms. The molecule has 2 aromatic heterocycles. The van der Waals surface area contributed by atoms with Crippen LogP contribution in [-0.4, -0.2) is 14.8 Å². The second-order valence-electron chi connectivity index (χ2n) is 3.75. The Morgan fingerprint density at radius 1 is 1.47 bits per heavy atom. The van der Waals surface area contributed by atoms with Gasteiger partial charge in [0.15, 0.2) is 5.82 Å². The molecule has 4 nitrogen and oxygen atoms in total. The molecule has 0 aliphatic carbocycles. The van der Waals surface area contributed by atoms with E-state index >= 15 is 0 Å². The van der Waals surface area contributed by atoms with E-state index in [4.69, 9.17) is 17.3 Å². The van der Waals surface area contributed by atoms with Crippen LogP contribution >= 0.6 is 27.5 Å². The molecule has 0 saturated carbocycles. The predicted molar refractivity (Wildman–Crippen MR) is 71.4 cm³/mol. The highest BCUT2D eigenvalue weighted by Gasteiger charge is 2.13. The van der Waals surface area contributed by atoms with Crippen LogP contribution in [0, 0.1) is 13.8 Å². The fraction of sp³-hybridized carbons (Fsp3) is 0.273. The summed E-state index contributed by atoms with van der Waals surface area (Å²) in [5.41, 5.74) is 8.31. The molecule has 2 aromatic rings. The molecule has 2 N–H and O–H groups in total. The van der Waals surface area contributed by atoms with Crippen LogP contribution in [0.15, 0.2) is 16.7 Å². The molecule has 0 aliphatic rings. The first kappa shape index (κ1) is 12.5. The van der Waals surface area contributed by atoms with Crippen molar-refractivity contribution in [3.63, 3.8) is 0 Å². The second-order valence-corrected chi connectivity index (χ2v) is 4.95. The maximum absolute atomic E-state index is 6.18. The number of pyridine rings is 1. The number of hydrogen-bond acceptors (Lipinski definition) is 3. The molecule has 0 fully saturated rings. The van der Waals surface area contributed by atoms with Crippen molar-refractivity contribution < 1.29 is 0 Å². The van der Waals surface area contributed by atoms with E-state index in [-0.39, 0.29) is 0 Å². The maximum atomic E-state index is 6.18. The van der Waals surface area contributed by atoms with Gasteiger partial charge in [-0.2, -0.15) is 5.10 Å². The van der Waals surface area contributed by atoms with Gasteiger partial charge in [-0.3, -0.25) is 0 Å². The number of aromatic nitrogens is 3. The van der Waals surface area contributed by atoms with Gasteiger partial charge in [0, 0.05) is 12.7 Å². The van der Waals surface area contributed by atoms with Crippen LogP contribution in [0.1, 0.15) is 17.0 Å². The molecule has 0 spiro atoms. The zero-order chi connectivity index (χ0) is 12.6. The first-order valence-corrected chi connectivity index (χ1v) is 6.28. The summed E-state index contributed by atoms with van der Waals surface area (Å²) < 4.78 is 2.69. The molecule has 0 saturated heterocycles. The van der Waals surface area contributed by atoms with Crippen molar-refractivity contribution in [1.29, 1.82) is 0 Å². The SMILES string of the molecule is Cc1nn(-c2ncc(CN)cc2Cl)c(C)c1Br. The molecule has 2 heterocycles. The van der Waals surface area contributed by atoms with Crippen molar-refractivity contribution in [2.45, 2.75) is 20.4 Å². The molecule has 0 atom stereocenters. The summed E-state index contributed by atoms with van der Waals surface area (Å²) in [6.07, 6.45) is 1.71. The van der Waals surface area contributed by atoms with Crippen molar-refractivity contribution >= 4 is 27.5 Å². The minimum atomic E-state index is 0.424. The Morgan fingerprint density at radius 3 is 2.65 bits per heavy atom. The van der Waals surface area contributed by atoms with E-state index in [0.717, 1.165) is 21.4 Å². The molecule has 0 aliphatic heterocycles. The Balaban J connectivity index is 2.57. The highest BCUT2D eigenvalue weighted by molar-refractivity contribution is 9.10. The third-order valence-corrected chi connectivity index (χ3v) is 3.94. The van der Waals surface area contributed by atoms with Gasteiger partial charge in [0.1, 0.15) is 0 Å². The molecule has 2 rings (SSSR count). The van der Waals surface area contributed by atoms with Crippen molar-refractivity contribution in [3.8, 4) is 5.82 Å². The third kappa shape index (κ3) is 2.22. The van der Waals surface area contributed by atoms with Gasteiger partial charge in [-0.05, 0) is 41.4 Å². The average molecular weight is 316 g/mol. The van der Waals surface area contributed by atoms with Crippen molar-refractivity contribution in [2.24, 2.45) is 5.73 Å². The standard InChI is InChI=1S/C11H12BrClN4/c1-6-10(12)7(2)17(16-6)11-9(13)3-8(4-14)5-15-11/h3,5H,4,14H2,1-2H3. The maximum Gasteiger partial charge on any atom is 0.172 e. The van der Waals surface area contributed by atoms with Crippen LogP contribution in [-0.2, 0) is 6.54 Å². The molecular formula is C11H12BrClN4. The molecule has 90 valence electrons. The fourth-order valence-corrected chi connectivity index (χ4v) is 2.08. The van der Waals surface area contributed by atoms with E-state index in [1.165, 1.54) is 0 Å². The number of nitrogens with two attached hydrogens (primary N) is 1. The summed E-state index contributed by atoms with van der Waals surface area (Å²) in [6, 6.07) is 1.81. The van der Waals surface area contributed by atoms with Crippen LogP contribution in [0.5, 0.6) is 0 Å². The van der Waals surface area contributed by atoms with E-state index in [2.05, 4.69) is 26.0 Å². The third-order valence-electron chi connectivity index (χ3n) is 2.52. The van der Waals surface area contributed by atoms with Gasteiger partial charge in [0.25, 0.3) is 0 Å². The highest BCUT2D eigenvalue weighted by atomic mass is 79.9.